The van der Waals surface area contributed by atoms with E-state index in [1.54, 1.807) is 18.5 Å². The van der Waals surface area contributed by atoms with Crippen molar-refractivity contribution in [3.8, 4) is 39.5 Å². The van der Waals surface area contributed by atoms with Gasteiger partial charge in [-0.05, 0) is 47.5 Å². The minimum atomic E-state index is -0.526. The van der Waals surface area contributed by atoms with Crippen LogP contribution in [0.4, 0.5) is 4.39 Å². The maximum absolute atomic E-state index is 13.9. The molecular weight excluding hydrogens is 407 g/mol. The molecule has 7 nitrogen and oxygen atoms in total. The lowest BCUT2D eigenvalue weighted by Gasteiger charge is -2.03. The minimum absolute atomic E-state index is 0.151. The average Bonchev–Trinajstić information content (AvgIpc) is 3.42. The molecule has 0 spiro atoms. The van der Waals surface area contributed by atoms with Crippen molar-refractivity contribution in [1.29, 1.82) is 0 Å². The first-order valence-electron chi connectivity index (χ1n) is 9.89. The van der Waals surface area contributed by atoms with E-state index >= 15 is 0 Å². The number of hydrogen-bond acceptors (Lipinski definition) is 5. The fraction of sp³-hybridized carbons (Fsp3) is 0. The average molecular weight is 422 g/mol. The summed E-state index contributed by atoms with van der Waals surface area (Å²) in [5, 5.41) is 18.2. The molecule has 0 aliphatic carbocycles. The molecule has 0 aliphatic heterocycles. The predicted octanol–water partition coefficient (Wildman–Crippen LogP) is 5.07. The highest BCUT2D eigenvalue weighted by Crippen LogP contribution is 2.33. The summed E-state index contributed by atoms with van der Waals surface area (Å²) in [5.74, 6) is -0.140. The lowest BCUT2D eigenvalue weighted by molar-refractivity contribution is 0.469. The van der Waals surface area contributed by atoms with E-state index in [1.807, 2.05) is 36.5 Å². The Morgan fingerprint density at radius 2 is 1.84 bits per heavy atom. The Morgan fingerprint density at radius 1 is 0.906 bits per heavy atom. The van der Waals surface area contributed by atoms with E-state index in [9.17, 15) is 9.50 Å². The van der Waals surface area contributed by atoms with Crippen LogP contribution >= 0.6 is 0 Å². The van der Waals surface area contributed by atoms with Crippen molar-refractivity contribution < 1.29 is 9.50 Å². The van der Waals surface area contributed by atoms with Gasteiger partial charge < -0.3 is 10.1 Å². The topological polar surface area (TPSA) is 103 Å². The molecule has 0 atom stereocenters. The maximum atomic E-state index is 13.9. The van der Waals surface area contributed by atoms with Gasteiger partial charge in [0.2, 0.25) is 0 Å². The summed E-state index contributed by atoms with van der Waals surface area (Å²) >= 11 is 0. The fourth-order valence-electron chi connectivity index (χ4n) is 3.89. The molecule has 0 aliphatic rings. The van der Waals surface area contributed by atoms with Crippen molar-refractivity contribution in [2.75, 3.05) is 0 Å². The highest BCUT2D eigenvalue weighted by Gasteiger charge is 2.17. The largest absolute Gasteiger partial charge is 0.508 e. The Bertz CT molecular complexity index is 1590. The van der Waals surface area contributed by atoms with Gasteiger partial charge in [-0.1, -0.05) is 12.1 Å². The van der Waals surface area contributed by atoms with Gasteiger partial charge in [0.05, 0.1) is 5.52 Å². The van der Waals surface area contributed by atoms with Gasteiger partial charge in [0.25, 0.3) is 0 Å². The molecule has 0 amide bonds. The number of rotatable bonds is 3. The second kappa shape index (κ2) is 6.98. The molecule has 3 N–H and O–H groups in total. The molecule has 4 aromatic heterocycles. The number of aromatic amines is 2. The van der Waals surface area contributed by atoms with Crippen LogP contribution in [0.2, 0.25) is 0 Å². The summed E-state index contributed by atoms with van der Waals surface area (Å²) in [6.45, 7) is 0. The lowest BCUT2D eigenvalue weighted by Crippen LogP contribution is -1.85. The fourth-order valence-corrected chi connectivity index (χ4v) is 3.89. The molecule has 32 heavy (non-hydrogen) atoms. The van der Waals surface area contributed by atoms with E-state index < -0.39 is 5.82 Å². The van der Waals surface area contributed by atoms with E-state index in [2.05, 4.69) is 25.1 Å². The molecule has 4 heterocycles. The van der Waals surface area contributed by atoms with E-state index in [-0.39, 0.29) is 5.75 Å². The van der Waals surface area contributed by atoms with E-state index in [0.717, 1.165) is 28.1 Å². The molecule has 0 radical (unpaired) electrons. The van der Waals surface area contributed by atoms with E-state index in [1.165, 1.54) is 12.1 Å². The zero-order valence-corrected chi connectivity index (χ0v) is 16.5. The molecule has 6 aromatic rings. The van der Waals surface area contributed by atoms with Crippen LogP contribution in [0.15, 0.2) is 73.2 Å². The Hall–Kier alpha value is -4.59. The summed E-state index contributed by atoms with van der Waals surface area (Å²) in [6.07, 6.45) is 5.17. The van der Waals surface area contributed by atoms with Crippen molar-refractivity contribution in [3.63, 3.8) is 0 Å². The van der Waals surface area contributed by atoms with Crippen LogP contribution in [-0.2, 0) is 0 Å². The summed E-state index contributed by atoms with van der Waals surface area (Å²) in [4.78, 5) is 16.5. The zero-order valence-electron chi connectivity index (χ0n) is 16.5. The molecule has 0 bridgehead atoms. The van der Waals surface area contributed by atoms with Crippen molar-refractivity contribution in [2.45, 2.75) is 0 Å². The third-order valence-electron chi connectivity index (χ3n) is 5.36. The van der Waals surface area contributed by atoms with Gasteiger partial charge in [-0.3, -0.25) is 10.1 Å². The molecule has 8 heteroatoms. The third kappa shape index (κ3) is 2.97. The standard InChI is InChI=1S/C24H15FN6O/c25-16-8-15(9-17(32)11-16)18-5-7-27-23-21(18)28-24(29-23)22-19-10-13(3-4-20(19)30-31-22)14-2-1-6-26-12-14/h1-12,32H,(H,30,31)(H,27,28,29). The number of H-pyrrole nitrogens is 2. The third-order valence-corrected chi connectivity index (χ3v) is 5.36. The molecule has 2 aromatic carbocycles. The van der Waals surface area contributed by atoms with Crippen LogP contribution < -0.4 is 0 Å². The van der Waals surface area contributed by atoms with E-state index in [0.29, 0.717) is 33.8 Å². The smallest absolute Gasteiger partial charge is 0.160 e. The monoisotopic (exact) mass is 422 g/mol. The number of aromatic hydroxyl groups is 1. The van der Waals surface area contributed by atoms with Gasteiger partial charge in [0.15, 0.2) is 11.5 Å². The quantitative estimate of drug-likeness (QED) is 0.369. The molecule has 0 saturated carbocycles. The van der Waals surface area contributed by atoms with Crippen LogP contribution in [0.25, 0.3) is 55.8 Å². The van der Waals surface area contributed by atoms with Gasteiger partial charge in [0.1, 0.15) is 22.8 Å². The number of benzene rings is 2. The number of aromatic nitrogens is 6. The minimum Gasteiger partial charge on any atom is -0.508 e. The van der Waals surface area contributed by atoms with Crippen molar-refractivity contribution >= 4 is 22.1 Å². The highest BCUT2D eigenvalue weighted by molar-refractivity contribution is 5.97. The SMILES string of the molecule is Oc1cc(F)cc(-c2ccnc3[nH]c(-c4n[nH]c5ccc(-c6cccnc6)cc45)nc23)c1. The van der Waals surface area contributed by atoms with Gasteiger partial charge in [-0.25, -0.2) is 14.4 Å². The van der Waals surface area contributed by atoms with Crippen molar-refractivity contribution in [1.82, 2.24) is 30.1 Å². The summed E-state index contributed by atoms with van der Waals surface area (Å²) in [7, 11) is 0. The highest BCUT2D eigenvalue weighted by atomic mass is 19.1. The number of nitrogens with zero attached hydrogens (tertiary/aromatic N) is 4. The first-order valence-corrected chi connectivity index (χ1v) is 9.89. The molecular formula is C24H15FN6O. The van der Waals surface area contributed by atoms with Crippen LogP contribution in [0.1, 0.15) is 0 Å². The summed E-state index contributed by atoms with van der Waals surface area (Å²) in [6, 6.07) is 15.6. The van der Waals surface area contributed by atoms with Crippen LogP contribution in [0, 0.1) is 5.82 Å². The van der Waals surface area contributed by atoms with Crippen LogP contribution in [0.5, 0.6) is 5.75 Å². The number of pyridine rings is 2. The summed E-state index contributed by atoms with van der Waals surface area (Å²) in [5.41, 5.74) is 5.81. The number of fused-ring (bicyclic) bond motifs is 2. The van der Waals surface area contributed by atoms with E-state index in [4.69, 9.17) is 4.98 Å². The van der Waals surface area contributed by atoms with Gasteiger partial charge in [-0.15, -0.1) is 0 Å². The van der Waals surface area contributed by atoms with Crippen LogP contribution in [-0.4, -0.2) is 35.2 Å². The lowest BCUT2D eigenvalue weighted by atomic mass is 10.0. The maximum Gasteiger partial charge on any atom is 0.160 e. The van der Waals surface area contributed by atoms with Gasteiger partial charge in [-0.2, -0.15) is 5.10 Å². The predicted molar refractivity (Wildman–Crippen MR) is 119 cm³/mol. The van der Waals surface area contributed by atoms with Gasteiger partial charge in [0, 0.05) is 41.2 Å². The second-order valence-electron chi connectivity index (χ2n) is 7.41. The number of halogens is 1. The van der Waals surface area contributed by atoms with Crippen LogP contribution in [0.3, 0.4) is 0 Å². The summed E-state index contributed by atoms with van der Waals surface area (Å²) < 4.78 is 13.9. The number of phenolic OH excluding ortho intramolecular Hbond substituents is 1. The van der Waals surface area contributed by atoms with Gasteiger partial charge >= 0.3 is 0 Å². The first-order chi connectivity index (χ1) is 15.7. The Balaban J connectivity index is 1.52. The zero-order chi connectivity index (χ0) is 21.7. The Morgan fingerprint density at radius 3 is 2.69 bits per heavy atom. The second-order valence-corrected chi connectivity index (χ2v) is 7.41. The Labute approximate surface area is 180 Å². The Kier molecular flexibility index (Phi) is 3.97. The number of phenols is 1. The molecule has 0 saturated heterocycles. The first kappa shape index (κ1) is 18.2. The number of imidazole rings is 1. The number of hydrogen-bond donors (Lipinski definition) is 3. The number of nitrogens with one attached hydrogen (secondary N) is 2. The molecule has 6 rings (SSSR count). The normalized spacial score (nSPS) is 11.4. The molecule has 0 fully saturated rings. The van der Waals surface area contributed by atoms with Crippen molar-refractivity contribution in [3.05, 3.63) is 79.0 Å². The molecule has 154 valence electrons. The molecule has 0 unspecified atom stereocenters. The van der Waals surface area contributed by atoms with Crippen molar-refractivity contribution in [2.24, 2.45) is 0 Å².